The van der Waals surface area contributed by atoms with Gasteiger partial charge in [0.25, 0.3) is 0 Å². The van der Waals surface area contributed by atoms with Crippen LogP contribution in [0.15, 0.2) is 6.07 Å². The fourth-order valence-electron chi connectivity index (χ4n) is 1.40. The molecule has 4 heteroatoms. The van der Waals surface area contributed by atoms with E-state index in [-0.39, 0.29) is 0 Å². The van der Waals surface area contributed by atoms with E-state index in [2.05, 4.69) is 4.98 Å². The molecule has 1 aromatic carbocycles. The standard InChI is InChI=1S/C9H9BN2S/c1-4-3-6(10)5(2)8-7(4)12-9(11)13-8/h3H,1-2H3,(H2,11,12). The summed E-state index contributed by atoms with van der Waals surface area (Å²) in [5.41, 5.74) is 9.61. The van der Waals surface area contributed by atoms with Gasteiger partial charge in [-0.3, -0.25) is 0 Å². The van der Waals surface area contributed by atoms with E-state index in [1.165, 1.54) is 11.3 Å². The molecule has 0 atom stereocenters. The van der Waals surface area contributed by atoms with E-state index >= 15 is 0 Å². The number of nitrogens with two attached hydrogens (primary N) is 1. The molecule has 0 aliphatic heterocycles. The van der Waals surface area contributed by atoms with Crippen molar-refractivity contribution in [3.8, 4) is 0 Å². The quantitative estimate of drug-likeness (QED) is 0.632. The first kappa shape index (κ1) is 8.57. The number of fused-ring (bicyclic) bond motifs is 1. The van der Waals surface area contributed by atoms with Crippen LogP contribution in [0.5, 0.6) is 0 Å². The molecule has 0 spiro atoms. The first-order valence-corrected chi connectivity index (χ1v) is 4.83. The lowest BCUT2D eigenvalue weighted by atomic mass is 9.89. The lowest BCUT2D eigenvalue weighted by molar-refractivity contribution is 1.42. The Balaban J connectivity index is 2.95. The van der Waals surface area contributed by atoms with Gasteiger partial charge in [-0.2, -0.15) is 0 Å². The molecule has 0 bridgehead atoms. The van der Waals surface area contributed by atoms with Gasteiger partial charge in [-0.05, 0) is 25.0 Å². The van der Waals surface area contributed by atoms with Crippen molar-refractivity contribution in [2.24, 2.45) is 0 Å². The number of hydrogen-bond donors (Lipinski definition) is 1. The highest BCUT2D eigenvalue weighted by molar-refractivity contribution is 7.22. The Morgan fingerprint density at radius 1 is 1.46 bits per heavy atom. The van der Waals surface area contributed by atoms with Gasteiger partial charge < -0.3 is 5.73 Å². The Bertz CT molecular complexity index is 476. The van der Waals surface area contributed by atoms with Crippen molar-refractivity contribution in [1.29, 1.82) is 0 Å². The van der Waals surface area contributed by atoms with Crippen molar-refractivity contribution >= 4 is 40.0 Å². The van der Waals surface area contributed by atoms with Gasteiger partial charge in [0.2, 0.25) is 0 Å². The van der Waals surface area contributed by atoms with Gasteiger partial charge >= 0.3 is 0 Å². The topological polar surface area (TPSA) is 38.9 Å². The zero-order valence-electron chi connectivity index (χ0n) is 7.59. The molecule has 1 aromatic heterocycles. The molecule has 0 aliphatic carbocycles. The Morgan fingerprint density at radius 2 is 2.15 bits per heavy atom. The second-order valence-electron chi connectivity index (χ2n) is 3.14. The Labute approximate surface area is 82.2 Å². The number of nitrogen functional groups attached to an aromatic ring is 1. The van der Waals surface area contributed by atoms with Gasteiger partial charge in [-0.15, -0.1) is 0 Å². The first-order chi connectivity index (χ1) is 6.09. The van der Waals surface area contributed by atoms with Crippen LogP contribution >= 0.6 is 11.3 Å². The van der Waals surface area contributed by atoms with E-state index in [1.807, 2.05) is 19.9 Å². The lowest BCUT2D eigenvalue weighted by Gasteiger charge is -2.02. The summed E-state index contributed by atoms with van der Waals surface area (Å²) in [5, 5.41) is 0.604. The Hall–Kier alpha value is -1.03. The fourth-order valence-corrected chi connectivity index (χ4v) is 2.32. The van der Waals surface area contributed by atoms with E-state index in [0.717, 1.165) is 26.8 Å². The highest BCUT2D eigenvalue weighted by atomic mass is 32.1. The minimum absolute atomic E-state index is 0.604. The number of thiazole rings is 1. The third-order valence-electron chi connectivity index (χ3n) is 2.16. The molecule has 2 rings (SSSR count). The van der Waals surface area contributed by atoms with Crippen LogP contribution in [0.25, 0.3) is 10.2 Å². The molecule has 0 aliphatic rings. The van der Waals surface area contributed by atoms with E-state index in [9.17, 15) is 0 Å². The summed E-state index contributed by atoms with van der Waals surface area (Å²) in [6.07, 6.45) is 0. The summed E-state index contributed by atoms with van der Waals surface area (Å²) in [6, 6.07) is 1.94. The number of benzene rings is 1. The van der Waals surface area contributed by atoms with Crippen molar-refractivity contribution in [3.63, 3.8) is 0 Å². The van der Waals surface area contributed by atoms with Gasteiger partial charge in [0.15, 0.2) is 5.13 Å². The minimum atomic E-state index is 0.604. The van der Waals surface area contributed by atoms with Gasteiger partial charge in [-0.1, -0.05) is 22.9 Å². The fraction of sp³-hybridized carbons (Fsp3) is 0.222. The van der Waals surface area contributed by atoms with Crippen molar-refractivity contribution in [1.82, 2.24) is 4.98 Å². The van der Waals surface area contributed by atoms with Gasteiger partial charge in [-0.25, -0.2) is 4.98 Å². The van der Waals surface area contributed by atoms with Crippen LogP contribution in [0, 0.1) is 13.8 Å². The maximum Gasteiger partial charge on any atom is 0.181 e. The summed E-state index contributed by atoms with van der Waals surface area (Å²) < 4.78 is 1.11. The summed E-state index contributed by atoms with van der Waals surface area (Å²) >= 11 is 1.49. The van der Waals surface area contributed by atoms with Crippen LogP contribution in [0.3, 0.4) is 0 Å². The number of aromatic nitrogens is 1. The highest BCUT2D eigenvalue weighted by Crippen LogP contribution is 2.27. The third-order valence-corrected chi connectivity index (χ3v) is 3.17. The molecule has 0 unspecified atom stereocenters. The van der Waals surface area contributed by atoms with Crippen LogP contribution < -0.4 is 11.2 Å². The molecule has 0 saturated heterocycles. The van der Waals surface area contributed by atoms with E-state index in [0.29, 0.717) is 5.13 Å². The zero-order chi connectivity index (χ0) is 9.59. The molecule has 64 valence electrons. The Morgan fingerprint density at radius 3 is 2.85 bits per heavy atom. The van der Waals surface area contributed by atoms with Gasteiger partial charge in [0, 0.05) is 0 Å². The second kappa shape index (κ2) is 2.74. The van der Waals surface area contributed by atoms with E-state index in [4.69, 9.17) is 13.6 Å². The number of nitrogens with zero attached hydrogens (tertiary/aromatic N) is 1. The van der Waals surface area contributed by atoms with Crippen LogP contribution in [-0.2, 0) is 0 Å². The third kappa shape index (κ3) is 1.21. The largest absolute Gasteiger partial charge is 0.375 e. The van der Waals surface area contributed by atoms with Crippen LogP contribution in [0.1, 0.15) is 11.1 Å². The number of hydrogen-bond acceptors (Lipinski definition) is 3. The normalized spacial score (nSPS) is 10.9. The van der Waals surface area contributed by atoms with Crippen LogP contribution in [0.4, 0.5) is 5.13 Å². The lowest BCUT2D eigenvalue weighted by Crippen LogP contribution is -2.07. The molecule has 2 nitrogen and oxygen atoms in total. The summed E-state index contributed by atoms with van der Waals surface area (Å²) in [6.45, 7) is 3.99. The second-order valence-corrected chi connectivity index (χ2v) is 4.17. The van der Waals surface area contributed by atoms with Crippen molar-refractivity contribution in [2.75, 3.05) is 5.73 Å². The van der Waals surface area contributed by atoms with Crippen molar-refractivity contribution in [2.45, 2.75) is 13.8 Å². The maximum absolute atomic E-state index is 5.83. The molecule has 0 amide bonds. The maximum atomic E-state index is 5.83. The molecule has 2 aromatic rings. The molecule has 0 fully saturated rings. The molecule has 1 heterocycles. The number of rotatable bonds is 0. The molecule has 13 heavy (non-hydrogen) atoms. The summed E-state index contributed by atoms with van der Waals surface area (Å²) in [5.74, 6) is 0. The molecular weight excluding hydrogens is 179 g/mol. The van der Waals surface area contributed by atoms with Crippen molar-refractivity contribution in [3.05, 3.63) is 17.2 Å². The predicted molar refractivity (Wildman–Crippen MR) is 58.9 cm³/mol. The van der Waals surface area contributed by atoms with Crippen molar-refractivity contribution < 1.29 is 0 Å². The zero-order valence-corrected chi connectivity index (χ0v) is 8.40. The minimum Gasteiger partial charge on any atom is -0.375 e. The van der Waals surface area contributed by atoms with Crippen LogP contribution in [-0.4, -0.2) is 12.8 Å². The number of aryl methyl sites for hydroxylation is 2. The smallest absolute Gasteiger partial charge is 0.181 e. The first-order valence-electron chi connectivity index (χ1n) is 4.01. The predicted octanol–water partition coefficient (Wildman–Crippen LogP) is 1.29. The number of anilines is 1. The molecule has 2 N–H and O–H groups in total. The summed E-state index contributed by atoms with van der Waals surface area (Å²) in [4.78, 5) is 4.26. The summed E-state index contributed by atoms with van der Waals surface area (Å²) in [7, 11) is 5.83. The average molecular weight is 188 g/mol. The molecule has 0 saturated carbocycles. The molecule has 2 radical (unpaired) electrons. The molecular formula is C9H9BN2S. The monoisotopic (exact) mass is 188 g/mol. The van der Waals surface area contributed by atoms with Gasteiger partial charge in [0.1, 0.15) is 7.85 Å². The van der Waals surface area contributed by atoms with Crippen LogP contribution in [0.2, 0.25) is 0 Å². The van der Waals surface area contributed by atoms with Gasteiger partial charge in [0.05, 0.1) is 10.2 Å². The average Bonchev–Trinajstić information content (AvgIpc) is 2.44. The highest BCUT2D eigenvalue weighted by Gasteiger charge is 2.08. The van der Waals surface area contributed by atoms with E-state index < -0.39 is 0 Å². The SMILES string of the molecule is [B]c1cc(C)c2nc(N)sc2c1C. The van der Waals surface area contributed by atoms with E-state index in [1.54, 1.807) is 0 Å². The Kier molecular flexibility index (Phi) is 1.80.